The Labute approximate surface area is 240 Å². The predicted molar refractivity (Wildman–Crippen MR) is 165 cm³/mol. The zero-order chi connectivity index (χ0) is 29.2. The summed E-state index contributed by atoms with van der Waals surface area (Å²) in [6.07, 6.45) is 10.5. The first-order valence-corrected chi connectivity index (χ1v) is 14.6. The SMILES string of the molecule is C=Cc1c(C)/c2[nH]/c1=C\C1=NC(=C\c3[nH]c4c(c3C)C(=O)CC4C3N=C(\C=2)[C@@H](C)[C@@H]3CCC(=O)OC)/C(CC)=C1C. The number of methoxy groups -OCH3 is 1. The zero-order valence-electron chi connectivity index (χ0n) is 24.8. The lowest BCUT2D eigenvalue weighted by Crippen LogP contribution is -2.27. The molecule has 8 bridgehead atoms. The van der Waals surface area contributed by atoms with E-state index in [0.717, 1.165) is 73.5 Å². The highest BCUT2D eigenvalue weighted by molar-refractivity contribution is 6.23. The molecular weight excluding hydrogens is 512 g/mol. The highest BCUT2D eigenvalue weighted by Crippen LogP contribution is 2.47. The minimum absolute atomic E-state index is 0.0739. The molecule has 0 amide bonds. The minimum atomic E-state index is -0.220. The van der Waals surface area contributed by atoms with Crippen LogP contribution in [0.15, 0.2) is 33.4 Å². The number of aromatic amines is 2. The molecule has 0 radical (unpaired) electrons. The molecule has 1 aliphatic carbocycles. The summed E-state index contributed by atoms with van der Waals surface area (Å²) in [6, 6.07) is -0.123. The van der Waals surface area contributed by atoms with E-state index in [1.54, 1.807) is 0 Å². The molecule has 6 rings (SSSR count). The lowest BCUT2D eigenvalue weighted by atomic mass is 9.78. The Morgan fingerprint density at radius 3 is 2.63 bits per heavy atom. The summed E-state index contributed by atoms with van der Waals surface area (Å²) in [4.78, 5) is 43.3. The van der Waals surface area contributed by atoms with Crippen molar-refractivity contribution in [2.75, 3.05) is 7.11 Å². The van der Waals surface area contributed by atoms with Crippen LogP contribution >= 0.6 is 0 Å². The van der Waals surface area contributed by atoms with Gasteiger partial charge in [-0.15, -0.1) is 0 Å². The number of carbonyl (C=O) groups is 2. The molecule has 3 aliphatic heterocycles. The summed E-state index contributed by atoms with van der Waals surface area (Å²) < 4.78 is 4.98. The van der Waals surface area contributed by atoms with Crippen molar-refractivity contribution in [2.45, 2.75) is 72.3 Å². The number of Topliss-reactive ketones (excluding diaryl/α,β-unsaturated/α-hetero) is 1. The van der Waals surface area contributed by atoms with Crippen LogP contribution in [-0.4, -0.2) is 46.3 Å². The fraction of sp³-hybridized carbons (Fsp3) is 0.412. The van der Waals surface area contributed by atoms with E-state index in [4.69, 9.17) is 14.7 Å². The lowest BCUT2D eigenvalue weighted by molar-refractivity contribution is -0.141. The van der Waals surface area contributed by atoms with Crippen LogP contribution in [0.2, 0.25) is 0 Å². The molecule has 212 valence electrons. The van der Waals surface area contributed by atoms with Crippen molar-refractivity contribution in [3.63, 3.8) is 0 Å². The third-order valence-electron chi connectivity index (χ3n) is 9.71. The molecule has 7 nitrogen and oxygen atoms in total. The van der Waals surface area contributed by atoms with Gasteiger partial charge in [0.05, 0.1) is 24.6 Å². The molecular formula is C34H38N4O3. The van der Waals surface area contributed by atoms with Crippen molar-refractivity contribution < 1.29 is 14.3 Å². The summed E-state index contributed by atoms with van der Waals surface area (Å²) in [5.74, 6) is 0.0712. The zero-order valence-corrected chi connectivity index (χ0v) is 24.8. The van der Waals surface area contributed by atoms with E-state index in [1.807, 2.05) is 13.0 Å². The Balaban J connectivity index is 1.61. The Hall–Kier alpha value is -4.00. The van der Waals surface area contributed by atoms with E-state index >= 15 is 0 Å². The molecule has 2 aromatic rings. The molecule has 2 N–H and O–H groups in total. The number of ketones is 1. The lowest BCUT2D eigenvalue weighted by Gasteiger charge is -2.26. The Bertz CT molecular complexity index is 1760. The molecule has 2 unspecified atom stereocenters. The van der Waals surface area contributed by atoms with Crippen molar-refractivity contribution in [2.24, 2.45) is 21.8 Å². The van der Waals surface area contributed by atoms with Crippen LogP contribution in [0, 0.1) is 25.7 Å². The number of nitrogens with zero attached hydrogens (tertiary/aromatic N) is 2. The first-order valence-electron chi connectivity index (χ1n) is 14.6. The topological polar surface area (TPSA) is 99.7 Å². The number of aliphatic imine (C=N–C) groups is 2. The van der Waals surface area contributed by atoms with Gasteiger partial charge in [-0.1, -0.05) is 26.5 Å². The van der Waals surface area contributed by atoms with Gasteiger partial charge in [0.15, 0.2) is 5.78 Å². The van der Waals surface area contributed by atoms with Crippen LogP contribution in [0.5, 0.6) is 0 Å². The van der Waals surface area contributed by atoms with Gasteiger partial charge in [0.1, 0.15) is 0 Å². The van der Waals surface area contributed by atoms with E-state index in [2.05, 4.69) is 62.5 Å². The molecule has 4 aliphatic rings. The van der Waals surface area contributed by atoms with Gasteiger partial charge in [0.2, 0.25) is 0 Å². The van der Waals surface area contributed by atoms with Crippen LogP contribution in [0.1, 0.15) is 90.8 Å². The van der Waals surface area contributed by atoms with Gasteiger partial charge >= 0.3 is 5.97 Å². The number of carbonyl (C=O) groups excluding carboxylic acids is 2. The average Bonchev–Trinajstić information content (AvgIpc) is 3.70. The maximum absolute atomic E-state index is 13.5. The van der Waals surface area contributed by atoms with Gasteiger partial charge in [-0.3, -0.25) is 14.6 Å². The van der Waals surface area contributed by atoms with Gasteiger partial charge in [-0.2, -0.15) is 0 Å². The van der Waals surface area contributed by atoms with E-state index in [9.17, 15) is 9.59 Å². The number of hydrogen-bond acceptors (Lipinski definition) is 5. The first kappa shape index (κ1) is 27.2. The fourth-order valence-electron chi connectivity index (χ4n) is 7.31. The van der Waals surface area contributed by atoms with Gasteiger partial charge in [-0.25, -0.2) is 4.99 Å². The number of hydrogen-bond donors (Lipinski definition) is 2. The number of aromatic nitrogens is 2. The smallest absolute Gasteiger partial charge is 0.305 e. The van der Waals surface area contributed by atoms with Crippen molar-refractivity contribution in [3.8, 4) is 0 Å². The number of fused-ring (bicyclic) bond motifs is 6. The third-order valence-corrected chi connectivity index (χ3v) is 9.71. The van der Waals surface area contributed by atoms with Crippen molar-refractivity contribution in [1.82, 2.24) is 9.97 Å². The minimum Gasteiger partial charge on any atom is -0.469 e. The predicted octanol–water partition coefficient (Wildman–Crippen LogP) is 5.10. The van der Waals surface area contributed by atoms with Crippen LogP contribution in [0.25, 0.3) is 24.3 Å². The Morgan fingerprint density at radius 2 is 1.93 bits per heavy atom. The standard InChI is InChI=1S/C34H38N4O3/c1-8-20-16(3)24-13-26-18(5)22(10-11-31(40)41-7)33(37-26)23-12-30(39)32-19(6)27(38-34(23)32)15-29-21(9-2)17(4)25(36-29)14-28(20)35-24/h8,13-15,18,22-23,33,35,38H,1,9-12H2,2-7H3/b24-13-,28-14-,29-15-/t18-,22-,23?,33?/m0/s1. The maximum Gasteiger partial charge on any atom is 0.305 e. The highest BCUT2D eigenvalue weighted by atomic mass is 16.5. The maximum atomic E-state index is 13.5. The molecule has 0 spiro atoms. The molecule has 41 heavy (non-hydrogen) atoms. The summed E-state index contributed by atoms with van der Waals surface area (Å²) >= 11 is 0. The number of H-pyrrole nitrogens is 2. The van der Waals surface area contributed by atoms with Crippen LogP contribution in [0.4, 0.5) is 0 Å². The van der Waals surface area contributed by atoms with Gasteiger partial charge in [0.25, 0.3) is 0 Å². The number of esters is 1. The molecule has 4 atom stereocenters. The number of allylic oxidation sites excluding steroid dienone is 2. The fourth-order valence-corrected chi connectivity index (χ4v) is 7.31. The summed E-state index contributed by atoms with van der Waals surface area (Å²) in [7, 11) is 1.43. The molecule has 5 heterocycles. The second-order valence-corrected chi connectivity index (χ2v) is 11.8. The van der Waals surface area contributed by atoms with Crippen LogP contribution in [-0.2, 0) is 9.53 Å². The number of ether oxygens (including phenoxy) is 1. The largest absolute Gasteiger partial charge is 0.469 e. The first-order chi connectivity index (χ1) is 19.7. The molecule has 7 heteroatoms. The average molecular weight is 551 g/mol. The third kappa shape index (κ3) is 4.25. The molecule has 0 saturated carbocycles. The van der Waals surface area contributed by atoms with Gasteiger partial charge in [-0.05, 0) is 80.0 Å². The van der Waals surface area contributed by atoms with E-state index in [1.165, 1.54) is 12.7 Å². The molecule has 2 aromatic heterocycles. The van der Waals surface area contributed by atoms with Crippen LogP contribution < -0.4 is 10.7 Å². The normalized spacial score (nSPS) is 27.5. The monoisotopic (exact) mass is 550 g/mol. The van der Waals surface area contributed by atoms with Gasteiger partial charge < -0.3 is 14.7 Å². The second-order valence-electron chi connectivity index (χ2n) is 11.8. The second kappa shape index (κ2) is 10.1. The van der Waals surface area contributed by atoms with Crippen LogP contribution in [0.3, 0.4) is 0 Å². The molecule has 0 fully saturated rings. The molecule has 0 aromatic carbocycles. The Morgan fingerprint density at radius 1 is 1.15 bits per heavy atom. The number of nitrogens with one attached hydrogen (secondary N) is 2. The van der Waals surface area contributed by atoms with Crippen molar-refractivity contribution in [1.29, 1.82) is 0 Å². The summed E-state index contributed by atoms with van der Waals surface area (Å²) in [5.41, 5.74) is 11.0. The molecule has 0 saturated heterocycles. The van der Waals surface area contributed by atoms with Gasteiger partial charge in [0, 0.05) is 63.6 Å². The van der Waals surface area contributed by atoms with E-state index in [-0.39, 0.29) is 35.5 Å². The number of rotatable bonds is 5. The summed E-state index contributed by atoms with van der Waals surface area (Å²) in [5, 5.41) is 1.96. The Kier molecular flexibility index (Phi) is 6.71. The highest BCUT2D eigenvalue weighted by Gasteiger charge is 2.46. The summed E-state index contributed by atoms with van der Waals surface area (Å²) in [6.45, 7) is 14.7. The van der Waals surface area contributed by atoms with E-state index < -0.39 is 0 Å². The van der Waals surface area contributed by atoms with Crippen molar-refractivity contribution in [3.05, 3.63) is 67.8 Å². The van der Waals surface area contributed by atoms with E-state index in [0.29, 0.717) is 19.3 Å². The van der Waals surface area contributed by atoms with Crippen molar-refractivity contribution >= 4 is 47.5 Å². The quantitative estimate of drug-likeness (QED) is 0.507.